The predicted molar refractivity (Wildman–Crippen MR) is 105 cm³/mol. The second kappa shape index (κ2) is 7.78. The molecule has 0 aliphatic carbocycles. The van der Waals surface area contributed by atoms with E-state index in [2.05, 4.69) is 15.3 Å². The lowest BCUT2D eigenvalue weighted by Crippen LogP contribution is -2.13. The number of halogens is 3. The Balaban J connectivity index is 2.04. The summed E-state index contributed by atoms with van der Waals surface area (Å²) in [5.41, 5.74) is -1.31. The minimum absolute atomic E-state index is 0.0657. The lowest BCUT2D eigenvalue weighted by molar-refractivity contribution is -0.137. The Hall–Kier alpha value is -3.41. The number of nitrogens with zero attached hydrogens (tertiary/aromatic N) is 3. The monoisotopic (exact) mass is 439 g/mol. The molecule has 2 N–H and O–H groups in total. The molecule has 0 aliphatic rings. The highest BCUT2D eigenvalue weighted by Crippen LogP contribution is 2.36. The molecule has 0 bridgehead atoms. The molecule has 1 aromatic heterocycles. The normalized spacial score (nSPS) is 12.4. The molecule has 3 rings (SSSR count). The summed E-state index contributed by atoms with van der Waals surface area (Å²) in [5, 5.41) is 10.5. The summed E-state index contributed by atoms with van der Waals surface area (Å²) >= 11 is 0. The lowest BCUT2D eigenvalue weighted by atomic mass is 10.1. The van der Waals surface area contributed by atoms with Gasteiger partial charge in [-0.1, -0.05) is 18.2 Å². The highest BCUT2D eigenvalue weighted by atomic mass is 32.2. The molecular formula is C18H16F3N5O3S. The number of aromatic nitrogens is 2. The molecule has 158 valence electrons. The van der Waals surface area contributed by atoms with Crippen molar-refractivity contribution in [2.24, 2.45) is 10.2 Å². The Morgan fingerprint density at radius 1 is 1.07 bits per heavy atom. The van der Waals surface area contributed by atoms with Crippen LogP contribution >= 0.6 is 0 Å². The number of hydrogen-bond acceptors (Lipinski definition) is 5. The smallest absolute Gasteiger partial charge is 0.293 e. The van der Waals surface area contributed by atoms with Crippen LogP contribution in [0, 0.1) is 6.92 Å². The molecule has 0 saturated heterocycles. The van der Waals surface area contributed by atoms with Gasteiger partial charge in [-0.05, 0) is 37.3 Å². The van der Waals surface area contributed by atoms with E-state index in [9.17, 15) is 26.4 Å². The van der Waals surface area contributed by atoms with Gasteiger partial charge in [-0.2, -0.15) is 13.2 Å². The third kappa shape index (κ3) is 4.76. The second-order valence-corrected chi connectivity index (χ2v) is 8.11. The average Bonchev–Trinajstić information content (AvgIpc) is 2.93. The van der Waals surface area contributed by atoms with Crippen molar-refractivity contribution in [1.82, 2.24) is 9.78 Å². The van der Waals surface area contributed by atoms with Crippen molar-refractivity contribution in [3.05, 3.63) is 70.1 Å². The molecular weight excluding hydrogens is 423 g/mol. The number of sulfonamides is 1. The molecule has 1 heterocycles. The lowest BCUT2D eigenvalue weighted by Gasteiger charge is -2.11. The van der Waals surface area contributed by atoms with Gasteiger partial charge >= 0.3 is 6.18 Å². The van der Waals surface area contributed by atoms with Crippen LogP contribution < -0.4 is 10.3 Å². The van der Waals surface area contributed by atoms with E-state index in [1.165, 1.54) is 4.68 Å². The molecule has 0 fully saturated rings. The number of benzene rings is 2. The molecule has 2 aromatic carbocycles. The number of anilines is 1. The van der Waals surface area contributed by atoms with Gasteiger partial charge in [-0.3, -0.25) is 14.6 Å². The molecule has 30 heavy (non-hydrogen) atoms. The van der Waals surface area contributed by atoms with Gasteiger partial charge in [0.1, 0.15) is 5.69 Å². The summed E-state index contributed by atoms with van der Waals surface area (Å²) in [7, 11) is -3.88. The van der Waals surface area contributed by atoms with Crippen molar-refractivity contribution in [1.29, 1.82) is 0 Å². The highest BCUT2D eigenvalue weighted by Gasteiger charge is 2.31. The molecule has 8 nitrogen and oxygen atoms in total. The first-order chi connectivity index (χ1) is 14.0. The van der Waals surface area contributed by atoms with Crippen LogP contribution in [0.4, 0.5) is 30.2 Å². The minimum atomic E-state index is -4.68. The topological polar surface area (TPSA) is 109 Å². The summed E-state index contributed by atoms with van der Waals surface area (Å²) in [6.07, 6.45) is -3.88. The van der Waals surface area contributed by atoms with Crippen LogP contribution in [-0.2, 0) is 16.2 Å². The number of nitrogens with one attached hydrogen (secondary N) is 2. The SMILES string of the molecule is Cc1[nH]n(-c2ccccc2)c(=O)c1N=Nc1ccc(C(F)(F)F)cc1NS(C)(=O)=O. The van der Waals surface area contributed by atoms with Crippen molar-refractivity contribution < 1.29 is 21.6 Å². The molecule has 0 spiro atoms. The van der Waals surface area contributed by atoms with Crippen molar-refractivity contribution >= 4 is 27.1 Å². The van der Waals surface area contributed by atoms with E-state index in [0.717, 1.165) is 18.4 Å². The number of azo groups is 1. The van der Waals surface area contributed by atoms with Crippen LogP contribution in [-0.4, -0.2) is 24.5 Å². The Labute approximate surface area is 169 Å². The van der Waals surface area contributed by atoms with E-state index in [1.54, 1.807) is 37.3 Å². The maximum atomic E-state index is 13.0. The van der Waals surface area contributed by atoms with Crippen LogP contribution in [0.2, 0.25) is 0 Å². The van der Waals surface area contributed by atoms with E-state index >= 15 is 0 Å². The van der Waals surface area contributed by atoms with Gasteiger partial charge in [-0.15, -0.1) is 10.2 Å². The highest BCUT2D eigenvalue weighted by molar-refractivity contribution is 7.92. The Bertz CT molecular complexity index is 1260. The Morgan fingerprint density at radius 2 is 1.73 bits per heavy atom. The van der Waals surface area contributed by atoms with Gasteiger partial charge in [0.2, 0.25) is 10.0 Å². The second-order valence-electron chi connectivity index (χ2n) is 6.37. The summed E-state index contributed by atoms with van der Waals surface area (Å²) in [4.78, 5) is 12.6. The van der Waals surface area contributed by atoms with Crippen molar-refractivity contribution in [3.63, 3.8) is 0 Å². The number of hydrogen-bond donors (Lipinski definition) is 2. The third-order valence-corrected chi connectivity index (χ3v) is 4.52. The predicted octanol–water partition coefficient (Wildman–Crippen LogP) is 4.28. The molecule has 0 unspecified atom stereocenters. The molecule has 0 amide bonds. The maximum Gasteiger partial charge on any atom is 0.416 e. The van der Waals surface area contributed by atoms with Gasteiger partial charge in [0, 0.05) is 0 Å². The summed E-state index contributed by atoms with van der Waals surface area (Å²) in [6, 6.07) is 11.0. The zero-order valence-electron chi connectivity index (χ0n) is 15.7. The van der Waals surface area contributed by atoms with Crippen LogP contribution in [0.3, 0.4) is 0 Å². The molecule has 0 saturated carbocycles. The quantitative estimate of drug-likeness (QED) is 0.579. The molecule has 12 heteroatoms. The van der Waals surface area contributed by atoms with Gasteiger partial charge in [-0.25, -0.2) is 13.1 Å². The largest absolute Gasteiger partial charge is 0.416 e. The van der Waals surface area contributed by atoms with E-state index < -0.39 is 33.0 Å². The van der Waals surface area contributed by atoms with Gasteiger partial charge in [0.05, 0.1) is 28.9 Å². The zero-order valence-corrected chi connectivity index (χ0v) is 16.5. The van der Waals surface area contributed by atoms with Crippen molar-refractivity contribution in [2.45, 2.75) is 13.1 Å². The molecule has 3 aromatic rings. The Kier molecular flexibility index (Phi) is 5.53. The van der Waals surface area contributed by atoms with Gasteiger partial charge in [0.15, 0.2) is 5.69 Å². The number of aromatic amines is 1. The van der Waals surface area contributed by atoms with Crippen molar-refractivity contribution in [2.75, 3.05) is 11.0 Å². The summed E-state index contributed by atoms with van der Waals surface area (Å²) in [6.45, 7) is 1.58. The fraction of sp³-hybridized carbons (Fsp3) is 0.167. The first kappa shape index (κ1) is 21.3. The van der Waals surface area contributed by atoms with Crippen molar-refractivity contribution in [3.8, 4) is 5.69 Å². The molecule has 0 atom stereocenters. The number of aryl methyl sites for hydroxylation is 1. The fourth-order valence-electron chi connectivity index (χ4n) is 2.60. The van der Waals surface area contributed by atoms with E-state index in [0.29, 0.717) is 17.4 Å². The number of H-pyrrole nitrogens is 1. The van der Waals surface area contributed by atoms with E-state index in [-0.39, 0.29) is 11.4 Å². The first-order valence-electron chi connectivity index (χ1n) is 8.43. The molecule has 0 radical (unpaired) electrons. The fourth-order valence-corrected chi connectivity index (χ4v) is 3.16. The van der Waals surface area contributed by atoms with Crippen LogP contribution in [0.1, 0.15) is 11.3 Å². The standard InChI is InChI=1S/C18H16F3N5O3S/c1-11-16(17(27)26(24-11)13-6-4-3-5-7-13)23-22-14-9-8-12(18(19,20)21)10-15(14)25-30(2,28)29/h3-10,24-25H,1-2H3. The third-order valence-electron chi connectivity index (χ3n) is 3.93. The Morgan fingerprint density at radius 3 is 2.33 bits per heavy atom. The number of para-hydroxylation sites is 1. The first-order valence-corrected chi connectivity index (χ1v) is 10.3. The van der Waals surface area contributed by atoms with Crippen LogP contribution in [0.5, 0.6) is 0 Å². The number of alkyl halides is 3. The van der Waals surface area contributed by atoms with Gasteiger partial charge in [0.25, 0.3) is 5.56 Å². The van der Waals surface area contributed by atoms with Gasteiger partial charge < -0.3 is 0 Å². The zero-order chi connectivity index (χ0) is 22.1. The molecule has 0 aliphatic heterocycles. The maximum absolute atomic E-state index is 13.0. The summed E-state index contributed by atoms with van der Waals surface area (Å²) < 4.78 is 65.2. The van der Waals surface area contributed by atoms with E-state index in [4.69, 9.17) is 0 Å². The minimum Gasteiger partial charge on any atom is -0.293 e. The number of rotatable bonds is 5. The van der Waals surface area contributed by atoms with Crippen LogP contribution in [0.25, 0.3) is 5.69 Å². The van der Waals surface area contributed by atoms with E-state index in [1.807, 2.05) is 4.72 Å². The van der Waals surface area contributed by atoms with Crippen LogP contribution in [0.15, 0.2) is 63.6 Å². The summed E-state index contributed by atoms with van der Waals surface area (Å²) in [5.74, 6) is 0. The average molecular weight is 439 g/mol.